The molecule has 35 heavy (non-hydrogen) atoms. The molecule has 1 aromatic carbocycles. The summed E-state index contributed by atoms with van der Waals surface area (Å²) in [5, 5.41) is 12.7. The number of allylic oxidation sites excluding steroid dienone is 2. The molecule has 2 saturated carbocycles. The molecule has 1 saturated heterocycles. The first kappa shape index (κ1) is 24.7. The van der Waals surface area contributed by atoms with E-state index in [2.05, 4.69) is 26.1 Å². The third kappa shape index (κ3) is 3.63. The van der Waals surface area contributed by atoms with Gasteiger partial charge >= 0.3 is 0 Å². The molecule has 0 aromatic heterocycles. The van der Waals surface area contributed by atoms with Crippen molar-refractivity contribution in [3.63, 3.8) is 0 Å². The Morgan fingerprint density at radius 2 is 1.83 bits per heavy atom. The third-order valence-electron chi connectivity index (χ3n) is 10.0. The Morgan fingerprint density at radius 3 is 2.49 bits per heavy atom. The molecule has 3 aliphatic carbocycles. The molecule has 2 unspecified atom stereocenters. The normalized spacial score (nSPS) is 36.3. The van der Waals surface area contributed by atoms with E-state index in [0.717, 1.165) is 38.5 Å². The number of nitrogens with zero attached hydrogens (tertiary/aromatic N) is 2. The van der Waals surface area contributed by atoms with Crippen molar-refractivity contribution in [2.75, 3.05) is 12.4 Å². The minimum Gasteiger partial charge on any atom is -0.323 e. The van der Waals surface area contributed by atoms with Gasteiger partial charge in [-0.2, -0.15) is 5.26 Å². The van der Waals surface area contributed by atoms with Gasteiger partial charge in [0.1, 0.15) is 0 Å². The molecule has 7 heteroatoms. The van der Waals surface area contributed by atoms with E-state index in [4.69, 9.17) is 28.5 Å². The van der Waals surface area contributed by atoms with Gasteiger partial charge in [0.2, 0.25) is 11.8 Å². The maximum Gasteiger partial charge on any atom is 0.228 e. The lowest BCUT2D eigenvalue weighted by Crippen LogP contribution is -2.54. The van der Waals surface area contributed by atoms with E-state index in [9.17, 15) is 9.59 Å². The number of carbonyl (C=O) groups is 2. The maximum absolute atomic E-state index is 13.6. The van der Waals surface area contributed by atoms with Crippen molar-refractivity contribution in [3.8, 4) is 6.07 Å². The van der Waals surface area contributed by atoms with Crippen molar-refractivity contribution in [3.05, 3.63) is 39.0 Å². The van der Waals surface area contributed by atoms with Crippen LogP contribution in [0.4, 0.5) is 5.69 Å². The number of rotatable bonds is 2. The SMILES string of the molecule is CC1=C2N(C)C(=O)CC[C@]2(C)C2CC[C@]3(C)[C@@H](C(=O)Nc4c(Cl)cc(C#N)cc4Cl)CC[C@H]3C2C1. The van der Waals surface area contributed by atoms with E-state index < -0.39 is 0 Å². The molecular weight excluding hydrogens is 481 g/mol. The smallest absolute Gasteiger partial charge is 0.228 e. The van der Waals surface area contributed by atoms with Gasteiger partial charge in [0.25, 0.3) is 0 Å². The number of carbonyl (C=O) groups excluding carboxylic acids is 2. The largest absolute Gasteiger partial charge is 0.323 e. The number of hydrogen-bond acceptors (Lipinski definition) is 3. The molecule has 6 atom stereocenters. The molecule has 4 aliphatic rings. The van der Waals surface area contributed by atoms with E-state index in [1.165, 1.54) is 23.4 Å². The molecule has 0 spiro atoms. The number of piperidine rings is 1. The van der Waals surface area contributed by atoms with Gasteiger partial charge in [0.05, 0.1) is 27.4 Å². The summed E-state index contributed by atoms with van der Waals surface area (Å²) in [7, 11) is 1.95. The number of hydrogen-bond donors (Lipinski definition) is 1. The van der Waals surface area contributed by atoms with E-state index >= 15 is 0 Å². The topological polar surface area (TPSA) is 73.2 Å². The van der Waals surface area contributed by atoms with Gasteiger partial charge < -0.3 is 10.2 Å². The minimum atomic E-state index is -0.106. The van der Waals surface area contributed by atoms with Crippen LogP contribution in [-0.2, 0) is 9.59 Å². The van der Waals surface area contributed by atoms with E-state index in [1.54, 1.807) is 0 Å². The summed E-state index contributed by atoms with van der Waals surface area (Å²) in [5.74, 6) is 1.64. The Bertz CT molecular complexity index is 1160. The summed E-state index contributed by atoms with van der Waals surface area (Å²) in [4.78, 5) is 28.0. The molecule has 186 valence electrons. The number of nitrogens with one attached hydrogen (secondary N) is 1. The molecule has 0 radical (unpaired) electrons. The summed E-state index contributed by atoms with van der Waals surface area (Å²) < 4.78 is 0. The highest BCUT2D eigenvalue weighted by atomic mass is 35.5. The number of nitriles is 1. The van der Waals surface area contributed by atoms with Crippen LogP contribution in [0.15, 0.2) is 23.4 Å². The zero-order valence-corrected chi connectivity index (χ0v) is 22.4. The quantitative estimate of drug-likeness (QED) is 0.472. The van der Waals surface area contributed by atoms with Crippen LogP contribution in [0.3, 0.4) is 0 Å². The van der Waals surface area contributed by atoms with Gasteiger partial charge in [-0.05, 0) is 80.8 Å². The lowest BCUT2D eigenvalue weighted by Gasteiger charge is -2.59. The molecule has 2 amide bonds. The first-order chi connectivity index (χ1) is 16.5. The first-order valence-electron chi connectivity index (χ1n) is 12.7. The van der Waals surface area contributed by atoms with Crippen LogP contribution in [0.2, 0.25) is 10.0 Å². The predicted molar refractivity (Wildman–Crippen MR) is 138 cm³/mol. The van der Waals surface area contributed by atoms with Gasteiger partial charge in [-0.15, -0.1) is 0 Å². The average molecular weight is 514 g/mol. The number of anilines is 1. The van der Waals surface area contributed by atoms with Crippen LogP contribution in [0.25, 0.3) is 0 Å². The standard InChI is InChI=1S/C28H33Cl2N3O2/c1-15-11-17-18-5-6-20(26(35)32-24-21(29)12-16(14-31)13-22(24)30)27(18,2)9-7-19(17)28(3)10-8-23(34)33(4)25(15)28/h12-13,17-20H,5-11H2,1-4H3,(H,32,35)/t17?,18-,19?,20+,27-,28+/m0/s1. The second kappa shape index (κ2) is 8.53. The Labute approximate surface area is 217 Å². The fourth-order valence-corrected chi connectivity index (χ4v) is 9.09. The lowest BCUT2D eigenvalue weighted by atomic mass is 9.48. The Kier molecular flexibility index (Phi) is 6.01. The van der Waals surface area contributed by atoms with E-state index in [-0.39, 0.29) is 38.6 Å². The molecule has 1 aliphatic heterocycles. The summed E-state index contributed by atoms with van der Waals surface area (Å²) in [6.45, 7) is 6.89. The van der Waals surface area contributed by atoms with Crippen molar-refractivity contribution in [1.29, 1.82) is 5.26 Å². The van der Waals surface area contributed by atoms with Crippen molar-refractivity contribution >= 4 is 40.7 Å². The number of benzene rings is 1. The predicted octanol–water partition coefficient (Wildman–Crippen LogP) is 6.80. The van der Waals surface area contributed by atoms with Gasteiger partial charge in [-0.1, -0.05) is 42.6 Å². The molecule has 5 nitrogen and oxygen atoms in total. The van der Waals surface area contributed by atoms with Crippen LogP contribution in [0.5, 0.6) is 0 Å². The summed E-state index contributed by atoms with van der Waals surface area (Å²) >= 11 is 12.7. The average Bonchev–Trinajstić information content (AvgIpc) is 3.16. The van der Waals surface area contributed by atoms with Crippen molar-refractivity contribution in [2.24, 2.45) is 34.5 Å². The van der Waals surface area contributed by atoms with E-state index in [1.807, 2.05) is 18.0 Å². The van der Waals surface area contributed by atoms with Crippen LogP contribution in [0.1, 0.15) is 71.3 Å². The van der Waals surface area contributed by atoms with Gasteiger partial charge in [0, 0.05) is 30.5 Å². The highest BCUT2D eigenvalue weighted by molar-refractivity contribution is 6.40. The van der Waals surface area contributed by atoms with Crippen LogP contribution in [0, 0.1) is 45.8 Å². The van der Waals surface area contributed by atoms with Gasteiger partial charge in [0.15, 0.2) is 0 Å². The Hall–Kier alpha value is -2.03. The fraction of sp³-hybridized carbons (Fsp3) is 0.607. The van der Waals surface area contributed by atoms with Crippen LogP contribution < -0.4 is 5.32 Å². The number of fused-ring (bicyclic) bond motifs is 5. The Morgan fingerprint density at radius 1 is 1.14 bits per heavy atom. The number of amides is 2. The molecule has 1 aromatic rings. The van der Waals surface area contributed by atoms with Crippen molar-refractivity contribution < 1.29 is 9.59 Å². The summed E-state index contributed by atoms with van der Waals surface area (Å²) in [5.41, 5.74) is 3.31. The molecule has 0 bridgehead atoms. The van der Waals surface area contributed by atoms with Crippen LogP contribution >= 0.6 is 23.2 Å². The molecule has 3 fully saturated rings. The highest BCUT2D eigenvalue weighted by Crippen LogP contribution is 2.67. The molecule has 5 rings (SSSR count). The maximum atomic E-state index is 13.6. The fourth-order valence-electron chi connectivity index (χ4n) is 8.51. The number of halogens is 2. The first-order valence-corrected chi connectivity index (χ1v) is 13.4. The molecule has 1 N–H and O–H groups in total. The Balaban J connectivity index is 1.42. The minimum absolute atomic E-state index is 0.0278. The van der Waals surface area contributed by atoms with Gasteiger partial charge in [-0.25, -0.2) is 0 Å². The summed E-state index contributed by atoms with van der Waals surface area (Å²) in [6.07, 6.45) is 6.53. The lowest BCUT2D eigenvalue weighted by molar-refractivity contribution is -0.137. The van der Waals surface area contributed by atoms with E-state index in [0.29, 0.717) is 35.4 Å². The van der Waals surface area contributed by atoms with Crippen LogP contribution in [-0.4, -0.2) is 23.8 Å². The third-order valence-corrected chi connectivity index (χ3v) is 10.6. The second-order valence-electron chi connectivity index (χ2n) is 11.7. The van der Waals surface area contributed by atoms with Crippen molar-refractivity contribution in [2.45, 2.75) is 65.7 Å². The zero-order chi connectivity index (χ0) is 25.3. The highest BCUT2D eigenvalue weighted by Gasteiger charge is 2.61. The van der Waals surface area contributed by atoms with Crippen molar-refractivity contribution in [1.82, 2.24) is 4.90 Å². The van der Waals surface area contributed by atoms with Gasteiger partial charge in [-0.3, -0.25) is 9.59 Å². The zero-order valence-electron chi connectivity index (χ0n) is 20.9. The summed E-state index contributed by atoms with van der Waals surface area (Å²) in [6, 6.07) is 5.11. The monoisotopic (exact) mass is 513 g/mol. The second-order valence-corrected chi connectivity index (χ2v) is 12.5. The molecular formula is C28H33Cl2N3O2. The molecule has 1 heterocycles. The number of likely N-dealkylation sites (tertiary alicyclic amines) is 1.